The quantitative estimate of drug-likeness (QED) is 0.907. The van der Waals surface area contributed by atoms with Crippen LogP contribution in [0.15, 0.2) is 24.3 Å². The van der Waals surface area contributed by atoms with E-state index in [0.29, 0.717) is 11.3 Å². The van der Waals surface area contributed by atoms with Gasteiger partial charge in [0.05, 0.1) is 12.7 Å². The highest BCUT2D eigenvalue weighted by Crippen LogP contribution is 2.41. The van der Waals surface area contributed by atoms with Gasteiger partial charge in [-0.1, -0.05) is 31.5 Å². The molecule has 0 aliphatic carbocycles. The molecule has 0 bridgehead atoms. The molecule has 2 aliphatic heterocycles. The molecule has 0 fully saturated rings. The predicted molar refractivity (Wildman–Crippen MR) is 99.6 cm³/mol. The second kappa shape index (κ2) is 6.41. The minimum absolute atomic E-state index is 0.145. The third kappa shape index (κ3) is 2.51. The molecule has 4 rings (SSSR count). The van der Waals surface area contributed by atoms with Gasteiger partial charge in [0.1, 0.15) is 5.75 Å². The zero-order valence-electron chi connectivity index (χ0n) is 15.1. The summed E-state index contributed by atoms with van der Waals surface area (Å²) in [5.41, 5.74) is 5.25. The molecule has 5 heteroatoms. The minimum Gasteiger partial charge on any atom is -0.496 e. The number of amides is 1. The first-order chi connectivity index (χ1) is 12.6. The van der Waals surface area contributed by atoms with Crippen LogP contribution in [0.25, 0.3) is 11.8 Å². The summed E-state index contributed by atoms with van der Waals surface area (Å²) in [6.07, 6.45) is 3.93. The average molecular weight is 351 g/mol. The first kappa shape index (κ1) is 16.5. The summed E-state index contributed by atoms with van der Waals surface area (Å²) in [7, 11) is 1.59. The van der Waals surface area contributed by atoms with Crippen LogP contribution in [-0.2, 0) is 6.42 Å². The van der Waals surface area contributed by atoms with Crippen LogP contribution >= 0.6 is 0 Å². The van der Waals surface area contributed by atoms with Gasteiger partial charge in [-0.05, 0) is 36.6 Å². The Morgan fingerprint density at radius 1 is 1.23 bits per heavy atom. The maximum absolute atomic E-state index is 12.6. The Balaban J connectivity index is 1.88. The summed E-state index contributed by atoms with van der Waals surface area (Å²) < 4.78 is 16.7. The fourth-order valence-electron chi connectivity index (χ4n) is 3.59. The van der Waals surface area contributed by atoms with Crippen LogP contribution in [0.5, 0.6) is 17.2 Å². The molecule has 134 valence electrons. The summed E-state index contributed by atoms with van der Waals surface area (Å²) in [5, 5.41) is 2.98. The highest BCUT2D eigenvalue weighted by molar-refractivity contribution is 6.14. The third-order valence-corrected chi connectivity index (χ3v) is 4.80. The maximum Gasteiger partial charge on any atom is 0.260 e. The van der Waals surface area contributed by atoms with E-state index in [9.17, 15) is 4.79 Å². The van der Waals surface area contributed by atoms with E-state index < -0.39 is 0 Å². The number of carbonyl (C=O) groups is 1. The van der Waals surface area contributed by atoms with Gasteiger partial charge in [-0.15, -0.1) is 0 Å². The average Bonchev–Trinajstić information content (AvgIpc) is 3.22. The topological polar surface area (TPSA) is 56.8 Å². The SMILES string of the molecule is CCCc1ccc2c(c1/C=C1\NC(=O)c3c1ccc(C)c3OC)OCO2. The van der Waals surface area contributed by atoms with E-state index in [1.807, 2.05) is 31.2 Å². The molecule has 0 aromatic heterocycles. The van der Waals surface area contributed by atoms with Crippen LogP contribution in [0.1, 0.15) is 46.0 Å². The van der Waals surface area contributed by atoms with Crippen molar-refractivity contribution >= 4 is 17.7 Å². The van der Waals surface area contributed by atoms with Crippen LogP contribution in [0.4, 0.5) is 0 Å². The highest BCUT2D eigenvalue weighted by atomic mass is 16.7. The lowest BCUT2D eigenvalue weighted by molar-refractivity contribution is 0.0978. The Morgan fingerprint density at radius 2 is 2.08 bits per heavy atom. The molecular weight excluding hydrogens is 330 g/mol. The Bertz CT molecular complexity index is 930. The van der Waals surface area contributed by atoms with Crippen molar-refractivity contribution in [3.05, 3.63) is 52.1 Å². The van der Waals surface area contributed by atoms with Crippen LogP contribution in [0.2, 0.25) is 0 Å². The second-order valence-corrected chi connectivity index (χ2v) is 6.47. The molecule has 5 nitrogen and oxygen atoms in total. The number of rotatable bonds is 4. The van der Waals surface area contributed by atoms with Gasteiger partial charge < -0.3 is 19.5 Å². The van der Waals surface area contributed by atoms with E-state index in [1.165, 1.54) is 5.56 Å². The summed E-state index contributed by atoms with van der Waals surface area (Å²) in [6.45, 7) is 4.29. The van der Waals surface area contributed by atoms with Crippen LogP contribution in [0, 0.1) is 6.92 Å². The molecule has 0 spiro atoms. The molecular formula is C21H21NO4. The van der Waals surface area contributed by atoms with Crippen LogP contribution in [0.3, 0.4) is 0 Å². The highest BCUT2D eigenvalue weighted by Gasteiger charge is 2.29. The molecule has 2 aromatic carbocycles. The zero-order chi connectivity index (χ0) is 18.3. The molecule has 0 saturated heterocycles. The largest absolute Gasteiger partial charge is 0.496 e. The lowest BCUT2D eigenvalue weighted by Gasteiger charge is -2.11. The number of nitrogens with one attached hydrogen (secondary N) is 1. The normalized spacial score (nSPS) is 16.0. The number of carbonyl (C=O) groups excluding carboxylic acids is 1. The minimum atomic E-state index is -0.145. The third-order valence-electron chi connectivity index (χ3n) is 4.80. The molecule has 1 N–H and O–H groups in total. The molecule has 2 aliphatic rings. The monoisotopic (exact) mass is 351 g/mol. The maximum atomic E-state index is 12.6. The van der Waals surface area contributed by atoms with Gasteiger partial charge in [0.15, 0.2) is 11.5 Å². The van der Waals surface area contributed by atoms with E-state index in [-0.39, 0.29) is 12.7 Å². The molecule has 1 amide bonds. The summed E-state index contributed by atoms with van der Waals surface area (Å²) in [4.78, 5) is 12.6. The van der Waals surface area contributed by atoms with Gasteiger partial charge in [0.25, 0.3) is 5.91 Å². The Morgan fingerprint density at radius 3 is 2.85 bits per heavy atom. The number of ether oxygens (including phenoxy) is 3. The fourth-order valence-corrected chi connectivity index (χ4v) is 3.59. The molecule has 0 unspecified atom stereocenters. The number of aryl methyl sites for hydroxylation is 2. The smallest absolute Gasteiger partial charge is 0.260 e. The Labute approximate surface area is 152 Å². The lowest BCUT2D eigenvalue weighted by atomic mass is 9.98. The van der Waals surface area contributed by atoms with Crippen LogP contribution < -0.4 is 19.5 Å². The molecule has 0 saturated carbocycles. The van der Waals surface area contributed by atoms with E-state index >= 15 is 0 Å². The van der Waals surface area contributed by atoms with Gasteiger partial charge in [0, 0.05) is 16.8 Å². The predicted octanol–water partition coefficient (Wildman–Crippen LogP) is 3.93. The second-order valence-electron chi connectivity index (χ2n) is 6.47. The van der Waals surface area contributed by atoms with Gasteiger partial charge in [-0.3, -0.25) is 4.79 Å². The molecule has 26 heavy (non-hydrogen) atoms. The molecule has 2 aromatic rings. The Kier molecular flexibility index (Phi) is 4.07. The number of methoxy groups -OCH3 is 1. The van der Waals surface area contributed by atoms with Gasteiger partial charge in [-0.25, -0.2) is 0 Å². The van der Waals surface area contributed by atoms with Crippen molar-refractivity contribution in [2.45, 2.75) is 26.7 Å². The fraction of sp³-hybridized carbons (Fsp3) is 0.286. The number of fused-ring (bicyclic) bond motifs is 2. The van der Waals surface area contributed by atoms with E-state index in [2.05, 4.69) is 18.3 Å². The molecule has 0 radical (unpaired) electrons. The van der Waals surface area contributed by atoms with Crippen molar-refractivity contribution in [3.63, 3.8) is 0 Å². The van der Waals surface area contributed by atoms with E-state index in [0.717, 1.165) is 46.7 Å². The van der Waals surface area contributed by atoms with Crippen molar-refractivity contribution < 1.29 is 19.0 Å². The van der Waals surface area contributed by atoms with Gasteiger partial charge >= 0.3 is 0 Å². The zero-order valence-corrected chi connectivity index (χ0v) is 15.1. The van der Waals surface area contributed by atoms with Crippen LogP contribution in [-0.4, -0.2) is 19.8 Å². The summed E-state index contributed by atoms with van der Waals surface area (Å²) >= 11 is 0. The van der Waals surface area contributed by atoms with Crippen molar-refractivity contribution in [2.75, 3.05) is 13.9 Å². The Hall–Kier alpha value is -2.95. The summed E-state index contributed by atoms with van der Waals surface area (Å²) in [6, 6.07) is 7.93. The van der Waals surface area contributed by atoms with Crippen molar-refractivity contribution in [2.24, 2.45) is 0 Å². The lowest BCUT2D eigenvalue weighted by Crippen LogP contribution is -2.13. The van der Waals surface area contributed by atoms with E-state index in [1.54, 1.807) is 7.11 Å². The van der Waals surface area contributed by atoms with Crippen molar-refractivity contribution in [1.29, 1.82) is 0 Å². The first-order valence-corrected chi connectivity index (χ1v) is 8.76. The standard InChI is InChI=1S/C21H21NO4/c1-4-5-13-7-9-17-20(26-11-25-17)15(13)10-16-14-8-6-12(2)19(24-3)18(14)21(23)22-16/h6-10H,4-5,11H2,1-3H3,(H,22,23)/b16-10-. The summed E-state index contributed by atoms with van der Waals surface area (Å²) in [5.74, 6) is 1.96. The number of hydrogen-bond donors (Lipinski definition) is 1. The van der Waals surface area contributed by atoms with Crippen molar-refractivity contribution in [1.82, 2.24) is 5.32 Å². The van der Waals surface area contributed by atoms with Crippen molar-refractivity contribution in [3.8, 4) is 17.2 Å². The first-order valence-electron chi connectivity index (χ1n) is 8.76. The van der Waals surface area contributed by atoms with Gasteiger partial charge in [0.2, 0.25) is 6.79 Å². The number of hydrogen-bond acceptors (Lipinski definition) is 4. The molecule has 2 heterocycles. The van der Waals surface area contributed by atoms with E-state index in [4.69, 9.17) is 14.2 Å². The van der Waals surface area contributed by atoms with Gasteiger partial charge in [-0.2, -0.15) is 0 Å². The number of benzene rings is 2. The molecule has 0 atom stereocenters.